The Bertz CT molecular complexity index is 711. The van der Waals surface area contributed by atoms with Crippen molar-refractivity contribution < 1.29 is 13.2 Å². The lowest BCUT2D eigenvalue weighted by Crippen LogP contribution is -2.16. The Balaban J connectivity index is 2.28. The van der Waals surface area contributed by atoms with Gasteiger partial charge in [0.2, 0.25) is 10.0 Å². The van der Waals surface area contributed by atoms with Crippen molar-refractivity contribution in [2.24, 2.45) is 0 Å². The molecule has 0 aliphatic carbocycles. The van der Waals surface area contributed by atoms with Gasteiger partial charge in [-0.3, -0.25) is 4.72 Å². The van der Waals surface area contributed by atoms with Gasteiger partial charge in [0.05, 0.1) is 11.4 Å². The van der Waals surface area contributed by atoms with Crippen LogP contribution in [0.4, 0.5) is 5.69 Å². The highest BCUT2D eigenvalue weighted by Crippen LogP contribution is 2.31. The van der Waals surface area contributed by atoms with Crippen molar-refractivity contribution in [1.82, 2.24) is 0 Å². The maximum absolute atomic E-state index is 11.9. The third-order valence-electron chi connectivity index (χ3n) is 2.94. The van der Waals surface area contributed by atoms with Crippen LogP contribution in [0.5, 0.6) is 11.5 Å². The van der Waals surface area contributed by atoms with E-state index < -0.39 is 10.0 Å². The van der Waals surface area contributed by atoms with Gasteiger partial charge >= 0.3 is 0 Å². The summed E-state index contributed by atoms with van der Waals surface area (Å²) in [6.07, 6.45) is 0.566. The summed E-state index contributed by atoms with van der Waals surface area (Å²) in [4.78, 5) is 0. The topological polar surface area (TPSA) is 55.4 Å². The molecule has 0 aromatic heterocycles. The Hall–Kier alpha value is -2.01. The lowest BCUT2D eigenvalue weighted by atomic mass is 10.2. The minimum absolute atomic E-state index is 0.0890. The molecule has 2 aromatic carbocycles. The number of anilines is 1. The number of rotatable bonds is 6. The second-order valence-corrected chi connectivity index (χ2v) is 6.63. The number of hydrogen-bond donors (Lipinski definition) is 1. The van der Waals surface area contributed by atoms with Crippen molar-refractivity contribution in [2.75, 3.05) is 10.5 Å². The molecule has 1 N–H and O–H groups in total. The second-order valence-electron chi connectivity index (χ2n) is 4.78. The first-order chi connectivity index (χ1) is 10.0. The molecule has 0 saturated carbocycles. The number of sulfonamides is 1. The normalized spacial score (nSPS) is 11.1. The Morgan fingerprint density at radius 3 is 2.29 bits per heavy atom. The minimum Gasteiger partial charge on any atom is -0.455 e. The fraction of sp³-hybridized carbons (Fsp3) is 0.250. The van der Waals surface area contributed by atoms with Gasteiger partial charge in [-0.2, -0.15) is 0 Å². The van der Waals surface area contributed by atoms with Crippen LogP contribution >= 0.6 is 0 Å². The van der Waals surface area contributed by atoms with Crippen LogP contribution in [0.2, 0.25) is 0 Å². The van der Waals surface area contributed by atoms with Crippen LogP contribution in [0.15, 0.2) is 48.5 Å². The minimum atomic E-state index is -3.34. The molecule has 21 heavy (non-hydrogen) atoms. The zero-order valence-electron chi connectivity index (χ0n) is 12.2. The maximum Gasteiger partial charge on any atom is 0.232 e. The van der Waals surface area contributed by atoms with Gasteiger partial charge in [0.25, 0.3) is 0 Å². The first-order valence-electron chi connectivity index (χ1n) is 6.85. The van der Waals surface area contributed by atoms with Crippen molar-refractivity contribution in [3.8, 4) is 11.5 Å². The first kappa shape index (κ1) is 15.4. The number of ether oxygens (including phenoxy) is 1. The predicted molar refractivity (Wildman–Crippen MR) is 85.4 cm³/mol. The van der Waals surface area contributed by atoms with E-state index in [9.17, 15) is 8.42 Å². The van der Waals surface area contributed by atoms with E-state index in [-0.39, 0.29) is 5.75 Å². The lowest BCUT2D eigenvalue weighted by Gasteiger charge is -2.14. The zero-order valence-corrected chi connectivity index (χ0v) is 13.0. The first-order valence-corrected chi connectivity index (χ1v) is 8.50. The number of benzene rings is 2. The van der Waals surface area contributed by atoms with E-state index in [0.29, 0.717) is 23.6 Å². The molecule has 0 atom stereocenters. The molecule has 0 saturated heterocycles. The van der Waals surface area contributed by atoms with Gasteiger partial charge in [0.15, 0.2) is 5.75 Å². The van der Waals surface area contributed by atoms with Crippen molar-refractivity contribution in [3.63, 3.8) is 0 Å². The number of nitrogens with one attached hydrogen (secondary N) is 1. The van der Waals surface area contributed by atoms with E-state index in [2.05, 4.69) is 4.72 Å². The largest absolute Gasteiger partial charge is 0.455 e. The summed E-state index contributed by atoms with van der Waals surface area (Å²) < 4.78 is 32.2. The third-order valence-corrected chi connectivity index (χ3v) is 4.42. The van der Waals surface area contributed by atoms with Gasteiger partial charge in [-0.15, -0.1) is 0 Å². The van der Waals surface area contributed by atoms with Crippen LogP contribution < -0.4 is 9.46 Å². The number of hydrogen-bond acceptors (Lipinski definition) is 3. The molecule has 0 radical (unpaired) electrons. The summed E-state index contributed by atoms with van der Waals surface area (Å²) in [5.41, 5.74) is 1.44. The average Bonchev–Trinajstić information content (AvgIpc) is 2.43. The quantitative estimate of drug-likeness (QED) is 0.879. The van der Waals surface area contributed by atoms with Gasteiger partial charge in [0, 0.05) is 0 Å². The van der Waals surface area contributed by atoms with E-state index >= 15 is 0 Å². The van der Waals surface area contributed by atoms with Crippen molar-refractivity contribution in [2.45, 2.75) is 20.3 Å². The molecular formula is C16H19NO3S. The molecule has 2 rings (SSSR count). The van der Waals surface area contributed by atoms with Crippen molar-refractivity contribution in [1.29, 1.82) is 0 Å². The molecule has 112 valence electrons. The molecule has 0 aliphatic heterocycles. The summed E-state index contributed by atoms with van der Waals surface area (Å²) in [6, 6.07) is 14.6. The lowest BCUT2D eigenvalue weighted by molar-refractivity contribution is 0.481. The summed E-state index contributed by atoms with van der Waals surface area (Å²) in [5.74, 6) is 1.29. The van der Waals surface area contributed by atoms with E-state index in [4.69, 9.17) is 4.74 Å². The van der Waals surface area contributed by atoms with E-state index in [1.54, 1.807) is 18.2 Å². The Morgan fingerprint density at radius 1 is 1.00 bits per heavy atom. The zero-order chi connectivity index (χ0) is 15.3. The van der Waals surface area contributed by atoms with Crippen LogP contribution in [0.1, 0.15) is 18.9 Å². The smallest absolute Gasteiger partial charge is 0.232 e. The predicted octanol–water partition coefficient (Wildman–Crippen LogP) is 3.94. The van der Waals surface area contributed by atoms with Crippen molar-refractivity contribution in [3.05, 3.63) is 54.1 Å². The summed E-state index contributed by atoms with van der Waals surface area (Å²) in [7, 11) is -3.34. The van der Waals surface area contributed by atoms with Gasteiger partial charge in [-0.25, -0.2) is 8.42 Å². The van der Waals surface area contributed by atoms with Crippen LogP contribution in [0.3, 0.4) is 0 Å². The number of para-hydroxylation sites is 3. The molecular weight excluding hydrogens is 286 g/mol. The Kier molecular flexibility index (Phi) is 4.85. The summed E-state index contributed by atoms with van der Waals surface area (Å²) in [6.45, 7) is 3.77. The average molecular weight is 305 g/mol. The summed E-state index contributed by atoms with van der Waals surface area (Å²) in [5, 5.41) is 0. The van der Waals surface area contributed by atoms with Crippen LogP contribution in [0, 0.1) is 6.92 Å². The fourth-order valence-electron chi connectivity index (χ4n) is 1.92. The molecule has 0 spiro atoms. The molecule has 0 unspecified atom stereocenters. The third kappa shape index (κ3) is 4.23. The maximum atomic E-state index is 11.9. The second kappa shape index (κ2) is 6.63. The number of aryl methyl sites for hydroxylation is 1. The molecule has 5 heteroatoms. The molecule has 0 bridgehead atoms. The highest BCUT2D eigenvalue weighted by Gasteiger charge is 2.13. The van der Waals surface area contributed by atoms with Crippen molar-refractivity contribution >= 4 is 15.7 Å². The monoisotopic (exact) mass is 305 g/mol. The van der Waals surface area contributed by atoms with Crippen LogP contribution in [-0.4, -0.2) is 14.2 Å². The van der Waals surface area contributed by atoms with E-state index in [0.717, 1.165) is 5.56 Å². The molecule has 0 heterocycles. The van der Waals surface area contributed by atoms with Crippen LogP contribution in [0.25, 0.3) is 0 Å². The molecule has 0 amide bonds. The molecule has 0 aliphatic rings. The standard InChI is InChI=1S/C16H19NO3S/c1-3-12-21(18,19)17-14-9-5-7-11-16(14)20-15-10-6-4-8-13(15)2/h4-11,17H,3,12H2,1-2H3. The Labute approximate surface area is 125 Å². The van der Waals surface area contributed by atoms with Gasteiger partial charge in [-0.05, 0) is 37.1 Å². The van der Waals surface area contributed by atoms with E-state index in [1.807, 2.05) is 44.2 Å². The highest BCUT2D eigenvalue weighted by molar-refractivity contribution is 7.92. The SMILES string of the molecule is CCCS(=O)(=O)Nc1ccccc1Oc1ccccc1C. The molecule has 4 nitrogen and oxygen atoms in total. The molecule has 0 fully saturated rings. The van der Waals surface area contributed by atoms with Gasteiger partial charge in [-0.1, -0.05) is 37.3 Å². The van der Waals surface area contributed by atoms with Crippen LogP contribution in [-0.2, 0) is 10.0 Å². The Morgan fingerprint density at radius 2 is 1.62 bits per heavy atom. The van der Waals surface area contributed by atoms with Gasteiger partial charge < -0.3 is 4.74 Å². The molecule has 2 aromatic rings. The fourth-order valence-corrected chi connectivity index (χ4v) is 3.06. The van der Waals surface area contributed by atoms with E-state index in [1.165, 1.54) is 0 Å². The summed E-state index contributed by atoms with van der Waals surface area (Å²) >= 11 is 0. The highest BCUT2D eigenvalue weighted by atomic mass is 32.2. The van der Waals surface area contributed by atoms with Gasteiger partial charge in [0.1, 0.15) is 5.75 Å².